The van der Waals surface area contributed by atoms with Gasteiger partial charge in [0.05, 0.1) is 13.0 Å². The first-order chi connectivity index (χ1) is 12.0. The molecule has 3 atom stereocenters. The Morgan fingerprint density at radius 1 is 1.08 bits per heavy atom. The fourth-order valence-corrected chi connectivity index (χ4v) is 4.76. The quantitative estimate of drug-likeness (QED) is 0.430. The SMILES string of the molecule is COC(=O)C1=C[C@]2(OC)C(=O)C(OC)(OC)[C@H]1C[C@@H]2C1=CCCCC1. The highest BCUT2D eigenvalue weighted by Gasteiger charge is 2.68. The van der Waals surface area contributed by atoms with Gasteiger partial charge in [0.2, 0.25) is 11.6 Å². The van der Waals surface area contributed by atoms with Gasteiger partial charge in [-0.1, -0.05) is 11.6 Å². The van der Waals surface area contributed by atoms with Crippen molar-refractivity contribution < 1.29 is 28.5 Å². The molecular weight excluding hydrogens is 324 g/mol. The molecule has 6 nitrogen and oxygen atoms in total. The summed E-state index contributed by atoms with van der Waals surface area (Å²) in [5, 5.41) is 0. The molecule has 0 aromatic rings. The molecule has 0 aromatic carbocycles. The second kappa shape index (κ2) is 6.67. The third kappa shape index (κ3) is 2.42. The average Bonchev–Trinajstić information content (AvgIpc) is 2.68. The van der Waals surface area contributed by atoms with Gasteiger partial charge in [-0.3, -0.25) is 4.79 Å². The van der Waals surface area contributed by atoms with E-state index in [1.54, 1.807) is 6.08 Å². The summed E-state index contributed by atoms with van der Waals surface area (Å²) in [7, 11) is 5.68. The Balaban J connectivity index is 2.17. The van der Waals surface area contributed by atoms with Crippen LogP contribution in [0, 0.1) is 11.8 Å². The summed E-state index contributed by atoms with van der Waals surface area (Å²) in [6, 6.07) is 0. The maximum atomic E-state index is 13.4. The number of rotatable bonds is 5. The minimum atomic E-state index is -1.53. The molecule has 0 heterocycles. The van der Waals surface area contributed by atoms with E-state index in [9.17, 15) is 9.59 Å². The largest absolute Gasteiger partial charge is 0.466 e. The third-order valence-electron chi connectivity index (χ3n) is 6.00. The van der Waals surface area contributed by atoms with Crippen molar-refractivity contribution in [2.75, 3.05) is 28.4 Å². The van der Waals surface area contributed by atoms with Crippen LogP contribution in [0.1, 0.15) is 32.1 Å². The van der Waals surface area contributed by atoms with Crippen LogP contribution in [-0.4, -0.2) is 51.6 Å². The number of ether oxygens (including phenoxy) is 4. The lowest BCUT2D eigenvalue weighted by molar-refractivity contribution is -0.257. The molecule has 0 amide bonds. The minimum absolute atomic E-state index is 0.109. The Morgan fingerprint density at radius 3 is 2.32 bits per heavy atom. The molecule has 0 unspecified atom stereocenters. The molecule has 1 saturated carbocycles. The van der Waals surface area contributed by atoms with E-state index in [1.807, 2.05) is 0 Å². The lowest BCUT2D eigenvalue weighted by atomic mass is 9.56. The standard InChI is InChI=1S/C19H26O6/c1-22-16(20)13-11-18(23-2)14(12-8-6-5-7-9-12)10-15(13)19(24-3,25-4)17(18)21/h8,11,14-15H,5-7,9-10H2,1-4H3/t14-,15+,18-/m1/s1. The lowest BCUT2D eigenvalue weighted by Gasteiger charge is -2.55. The Bertz CT molecular complexity index is 630. The highest BCUT2D eigenvalue weighted by Crippen LogP contribution is 2.56. The van der Waals surface area contributed by atoms with Gasteiger partial charge >= 0.3 is 5.97 Å². The monoisotopic (exact) mass is 350 g/mol. The number of esters is 1. The zero-order valence-electron chi connectivity index (χ0n) is 15.3. The van der Waals surface area contributed by atoms with Crippen LogP contribution in [0.25, 0.3) is 0 Å². The van der Waals surface area contributed by atoms with Gasteiger partial charge < -0.3 is 18.9 Å². The average molecular weight is 350 g/mol. The van der Waals surface area contributed by atoms with E-state index in [2.05, 4.69) is 6.08 Å². The molecule has 4 aliphatic rings. The smallest absolute Gasteiger partial charge is 0.334 e. The molecular formula is C19H26O6. The van der Waals surface area contributed by atoms with Crippen LogP contribution < -0.4 is 0 Å². The third-order valence-corrected chi connectivity index (χ3v) is 6.00. The normalized spacial score (nSPS) is 33.7. The van der Waals surface area contributed by atoms with E-state index in [1.165, 1.54) is 34.0 Å². The van der Waals surface area contributed by atoms with Gasteiger partial charge in [-0.15, -0.1) is 0 Å². The van der Waals surface area contributed by atoms with Crippen LogP contribution in [0.5, 0.6) is 0 Å². The molecule has 0 N–H and O–H groups in total. The van der Waals surface area contributed by atoms with Crippen molar-refractivity contribution in [3.05, 3.63) is 23.3 Å². The van der Waals surface area contributed by atoms with E-state index in [-0.39, 0.29) is 11.7 Å². The van der Waals surface area contributed by atoms with E-state index < -0.39 is 23.3 Å². The number of hydrogen-bond donors (Lipinski definition) is 0. The molecule has 0 saturated heterocycles. The molecule has 1 fully saturated rings. The summed E-state index contributed by atoms with van der Waals surface area (Å²) in [5.41, 5.74) is 0.348. The summed E-state index contributed by atoms with van der Waals surface area (Å²) in [5.74, 6) is -2.92. The number of ketones is 1. The Kier molecular flexibility index (Phi) is 4.88. The Hall–Kier alpha value is -1.50. The predicted octanol–water partition coefficient (Wildman–Crippen LogP) is 2.18. The van der Waals surface area contributed by atoms with Crippen LogP contribution in [0.3, 0.4) is 0 Å². The summed E-state index contributed by atoms with van der Waals surface area (Å²) in [6.45, 7) is 0. The zero-order valence-corrected chi connectivity index (χ0v) is 15.3. The summed E-state index contributed by atoms with van der Waals surface area (Å²) in [6.07, 6.45) is 8.64. The number of Topliss-reactive ketones (excluding diaryl/α,β-unsaturated/α-hetero) is 1. The van der Waals surface area contributed by atoms with Crippen molar-refractivity contribution in [3.63, 3.8) is 0 Å². The Morgan fingerprint density at radius 2 is 1.80 bits per heavy atom. The van der Waals surface area contributed by atoms with Gasteiger partial charge in [0, 0.05) is 32.8 Å². The molecule has 138 valence electrons. The first-order valence-electron chi connectivity index (χ1n) is 8.71. The van der Waals surface area contributed by atoms with Crippen molar-refractivity contribution >= 4 is 11.8 Å². The van der Waals surface area contributed by atoms with E-state index in [4.69, 9.17) is 18.9 Å². The lowest BCUT2D eigenvalue weighted by Crippen LogP contribution is -2.70. The van der Waals surface area contributed by atoms with Gasteiger partial charge in [-0.05, 0) is 38.2 Å². The van der Waals surface area contributed by atoms with Crippen molar-refractivity contribution in [1.29, 1.82) is 0 Å². The van der Waals surface area contributed by atoms with Gasteiger partial charge in [0.1, 0.15) is 0 Å². The van der Waals surface area contributed by atoms with E-state index >= 15 is 0 Å². The van der Waals surface area contributed by atoms with E-state index in [0.29, 0.717) is 12.0 Å². The van der Waals surface area contributed by atoms with Gasteiger partial charge in [-0.2, -0.15) is 0 Å². The number of carbonyl (C=O) groups is 2. The van der Waals surface area contributed by atoms with Crippen molar-refractivity contribution in [2.45, 2.75) is 43.5 Å². The number of hydrogen-bond acceptors (Lipinski definition) is 6. The second-order valence-corrected chi connectivity index (χ2v) is 6.86. The highest BCUT2D eigenvalue weighted by molar-refractivity contribution is 6.04. The van der Waals surface area contributed by atoms with Gasteiger partial charge in [-0.25, -0.2) is 4.79 Å². The van der Waals surface area contributed by atoms with Crippen molar-refractivity contribution in [1.82, 2.24) is 0 Å². The first-order valence-corrected chi connectivity index (χ1v) is 8.71. The molecule has 4 aliphatic carbocycles. The highest BCUT2D eigenvalue weighted by atomic mass is 16.7. The fourth-order valence-electron chi connectivity index (χ4n) is 4.76. The summed E-state index contributed by atoms with van der Waals surface area (Å²) in [4.78, 5) is 25.8. The predicted molar refractivity (Wildman–Crippen MR) is 89.7 cm³/mol. The number of fused-ring (bicyclic) bond motifs is 2. The second-order valence-electron chi connectivity index (χ2n) is 6.86. The van der Waals surface area contributed by atoms with Crippen LogP contribution in [0.15, 0.2) is 23.3 Å². The number of allylic oxidation sites excluding steroid dienone is 1. The zero-order chi connectivity index (χ0) is 18.2. The number of carbonyl (C=O) groups excluding carboxylic acids is 2. The molecule has 25 heavy (non-hydrogen) atoms. The molecule has 6 heteroatoms. The molecule has 4 rings (SSSR count). The van der Waals surface area contributed by atoms with Gasteiger partial charge in [0.25, 0.3) is 0 Å². The molecule has 0 aromatic heterocycles. The molecule has 0 aliphatic heterocycles. The summed E-state index contributed by atoms with van der Waals surface area (Å²) >= 11 is 0. The minimum Gasteiger partial charge on any atom is -0.466 e. The van der Waals surface area contributed by atoms with Crippen LogP contribution in [0.2, 0.25) is 0 Å². The topological polar surface area (TPSA) is 71.1 Å². The van der Waals surface area contributed by atoms with E-state index in [0.717, 1.165) is 25.7 Å². The van der Waals surface area contributed by atoms with Crippen molar-refractivity contribution in [2.24, 2.45) is 11.8 Å². The Labute approximate surface area is 148 Å². The molecule has 0 radical (unpaired) electrons. The molecule has 2 bridgehead atoms. The summed E-state index contributed by atoms with van der Waals surface area (Å²) < 4.78 is 21.8. The van der Waals surface area contributed by atoms with Crippen molar-refractivity contribution in [3.8, 4) is 0 Å². The number of methoxy groups -OCH3 is 4. The van der Waals surface area contributed by atoms with Gasteiger partial charge in [0.15, 0.2) is 5.60 Å². The maximum absolute atomic E-state index is 13.4. The fraction of sp³-hybridized carbons (Fsp3) is 0.684. The van der Waals surface area contributed by atoms with Crippen LogP contribution >= 0.6 is 0 Å². The first kappa shape index (κ1) is 18.3. The van der Waals surface area contributed by atoms with Crippen LogP contribution in [0.4, 0.5) is 0 Å². The maximum Gasteiger partial charge on any atom is 0.334 e. The van der Waals surface area contributed by atoms with Crippen LogP contribution in [-0.2, 0) is 28.5 Å². The molecule has 0 spiro atoms.